The highest BCUT2D eigenvalue weighted by Gasteiger charge is 2.36. The minimum absolute atomic E-state index is 0.0124. The number of aromatic nitrogens is 2. The fourth-order valence-corrected chi connectivity index (χ4v) is 3.61. The second-order valence-electron chi connectivity index (χ2n) is 6.19. The largest absolute Gasteiger partial charge is 0.378 e. The number of nitrogens with one attached hydrogen (secondary N) is 1. The van der Waals surface area contributed by atoms with Gasteiger partial charge in [-0.2, -0.15) is 0 Å². The summed E-state index contributed by atoms with van der Waals surface area (Å²) >= 11 is 0. The van der Waals surface area contributed by atoms with Crippen molar-refractivity contribution < 1.29 is 14.3 Å². The van der Waals surface area contributed by atoms with Crippen LogP contribution in [-0.2, 0) is 16.1 Å². The molecule has 0 saturated carbocycles. The van der Waals surface area contributed by atoms with Gasteiger partial charge in [-0.1, -0.05) is 6.92 Å². The van der Waals surface area contributed by atoms with Crippen LogP contribution in [0.25, 0.3) is 11.0 Å². The van der Waals surface area contributed by atoms with Crippen LogP contribution < -0.4 is 0 Å². The van der Waals surface area contributed by atoms with Crippen molar-refractivity contribution in [3.63, 3.8) is 0 Å². The van der Waals surface area contributed by atoms with Crippen molar-refractivity contribution in [1.82, 2.24) is 19.8 Å². The molecule has 24 heavy (non-hydrogen) atoms. The molecule has 0 bridgehead atoms. The summed E-state index contributed by atoms with van der Waals surface area (Å²) in [5, 5.41) is 0.882. The van der Waals surface area contributed by atoms with Crippen molar-refractivity contribution in [3.8, 4) is 0 Å². The first-order chi connectivity index (χ1) is 11.7. The molecule has 0 aliphatic carbocycles. The molecule has 1 atom stereocenters. The van der Waals surface area contributed by atoms with Gasteiger partial charge in [0.2, 0.25) is 5.91 Å². The van der Waals surface area contributed by atoms with Gasteiger partial charge in [0, 0.05) is 37.4 Å². The van der Waals surface area contributed by atoms with E-state index < -0.39 is 6.04 Å². The maximum absolute atomic E-state index is 12.9. The number of ether oxygens (including phenoxy) is 1. The smallest absolute Gasteiger partial charge is 0.257 e. The number of hydrogen-bond donors (Lipinski definition) is 1. The van der Waals surface area contributed by atoms with Gasteiger partial charge in [-0.05, 0) is 18.1 Å². The Morgan fingerprint density at radius 2 is 2.21 bits per heavy atom. The minimum atomic E-state index is -0.443. The van der Waals surface area contributed by atoms with Crippen LogP contribution in [0.1, 0.15) is 29.3 Å². The van der Waals surface area contributed by atoms with E-state index in [9.17, 15) is 9.59 Å². The predicted octanol–water partition coefficient (Wildman–Crippen LogP) is 1.16. The summed E-state index contributed by atoms with van der Waals surface area (Å²) in [5.41, 5.74) is 2.36. The van der Waals surface area contributed by atoms with Crippen LogP contribution in [0.15, 0.2) is 18.5 Å². The summed E-state index contributed by atoms with van der Waals surface area (Å²) < 4.78 is 5.32. The number of carbonyl (C=O) groups is 2. The second-order valence-corrected chi connectivity index (χ2v) is 6.19. The van der Waals surface area contributed by atoms with Gasteiger partial charge >= 0.3 is 0 Å². The molecule has 4 rings (SSSR count). The second kappa shape index (κ2) is 5.90. The number of hydrogen-bond acceptors (Lipinski definition) is 4. The summed E-state index contributed by atoms with van der Waals surface area (Å²) in [5.74, 6) is -0.0892. The van der Waals surface area contributed by atoms with Crippen molar-refractivity contribution in [2.45, 2.75) is 25.9 Å². The summed E-state index contributed by atoms with van der Waals surface area (Å²) in [4.78, 5) is 36.7. The number of rotatable bonds is 3. The zero-order valence-electron chi connectivity index (χ0n) is 13.6. The Hall–Kier alpha value is -2.41. The molecule has 2 amide bonds. The Balaban J connectivity index is 1.65. The maximum Gasteiger partial charge on any atom is 0.257 e. The highest BCUT2D eigenvalue weighted by atomic mass is 16.5. The molecule has 2 aliphatic rings. The fourth-order valence-electron chi connectivity index (χ4n) is 3.61. The Morgan fingerprint density at radius 1 is 1.42 bits per heavy atom. The Morgan fingerprint density at radius 3 is 2.96 bits per heavy atom. The average molecular weight is 328 g/mol. The molecule has 2 aromatic rings. The number of morpholine rings is 1. The molecule has 4 heterocycles. The van der Waals surface area contributed by atoms with E-state index >= 15 is 0 Å². The van der Waals surface area contributed by atoms with E-state index in [0.29, 0.717) is 44.8 Å². The highest BCUT2D eigenvalue weighted by molar-refractivity contribution is 6.10. The lowest BCUT2D eigenvalue weighted by Gasteiger charge is -2.37. The van der Waals surface area contributed by atoms with Crippen LogP contribution in [0.2, 0.25) is 0 Å². The van der Waals surface area contributed by atoms with Gasteiger partial charge in [-0.15, -0.1) is 0 Å². The van der Waals surface area contributed by atoms with Crippen LogP contribution in [0, 0.1) is 0 Å². The van der Waals surface area contributed by atoms with Crippen molar-refractivity contribution >= 4 is 22.8 Å². The average Bonchev–Trinajstić information content (AvgIpc) is 3.06. The summed E-state index contributed by atoms with van der Waals surface area (Å²) in [6, 6.07) is 1.48. The van der Waals surface area contributed by atoms with E-state index in [1.165, 1.54) is 0 Å². The van der Waals surface area contributed by atoms with Crippen molar-refractivity contribution in [2.75, 3.05) is 26.3 Å². The van der Waals surface area contributed by atoms with Gasteiger partial charge in [0.05, 0.1) is 18.8 Å². The Labute approximate surface area is 139 Å². The third kappa shape index (κ3) is 2.27. The lowest BCUT2D eigenvalue weighted by Crippen LogP contribution is -2.53. The van der Waals surface area contributed by atoms with Crippen LogP contribution >= 0.6 is 0 Å². The van der Waals surface area contributed by atoms with Crippen molar-refractivity contribution in [2.24, 2.45) is 0 Å². The molecule has 1 N–H and O–H groups in total. The molecular weight excluding hydrogens is 308 g/mol. The van der Waals surface area contributed by atoms with E-state index in [4.69, 9.17) is 4.74 Å². The molecule has 0 unspecified atom stereocenters. The van der Waals surface area contributed by atoms with E-state index in [1.807, 2.05) is 13.0 Å². The Bertz CT molecular complexity index is 794. The minimum Gasteiger partial charge on any atom is -0.378 e. The molecule has 0 spiro atoms. The quantitative estimate of drug-likeness (QED) is 0.917. The predicted molar refractivity (Wildman–Crippen MR) is 87.4 cm³/mol. The van der Waals surface area contributed by atoms with Gasteiger partial charge < -0.3 is 19.5 Å². The van der Waals surface area contributed by atoms with Gasteiger partial charge in [0.1, 0.15) is 11.7 Å². The summed E-state index contributed by atoms with van der Waals surface area (Å²) in [6.07, 6.45) is 4.02. The topological polar surface area (TPSA) is 78.5 Å². The molecule has 7 nitrogen and oxygen atoms in total. The fraction of sp³-hybridized carbons (Fsp3) is 0.471. The number of carbonyl (C=O) groups excluding carboxylic acids is 2. The number of nitrogens with zero attached hydrogens (tertiary/aromatic N) is 3. The molecule has 126 valence electrons. The molecule has 0 aromatic carbocycles. The van der Waals surface area contributed by atoms with Crippen LogP contribution in [-0.4, -0.2) is 63.9 Å². The van der Waals surface area contributed by atoms with E-state index in [2.05, 4.69) is 9.97 Å². The van der Waals surface area contributed by atoms with Gasteiger partial charge in [0.25, 0.3) is 5.91 Å². The molecule has 7 heteroatoms. The van der Waals surface area contributed by atoms with Crippen LogP contribution in [0.4, 0.5) is 0 Å². The van der Waals surface area contributed by atoms with Gasteiger partial charge in [-0.3, -0.25) is 9.59 Å². The number of amides is 2. The third-order valence-corrected chi connectivity index (χ3v) is 4.86. The molecular formula is C17H20N4O3. The van der Waals surface area contributed by atoms with Crippen LogP contribution in [0.3, 0.4) is 0 Å². The number of aromatic amines is 1. The zero-order valence-corrected chi connectivity index (χ0v) is 13.6. The standard InChI is InChI=1S/C17H20N4O3/c1-2-13(17(23)20-5-7-24-8-6-20)21-10-11-3-4-18-15-14(11)12(9-19-15)16(21)22/h3-4,9,13H,2,5-8,10H2,1H3,(H,18,19)/t13-/m1/s1. The summed E-state index contributed by atoms with van der Waals surface area (Å²) in [7, 11) is 0. The zero-order chi connectivity index (χ0) is 16.7. The van der Waals surface area contributed by atoms with Gasteiger partial charge in [-0.25, -0.2) is 4.98 Å². The van der Waals surface area contributed by atoms with E-state index in [0.717, 1.165) is 16.6 Å². The maximum atomic E-state index is 12.9. The first kappa shape index (κ1) is 15.1. The lowest BCUT2D eigenvalue weighted by atomic mass is 10.00. The lowest BCUT2D eigenvalue weighted by molar-refractivity contribution is -0.140. The number of H-pyrrole nitrogens is 1. The first-order valence-electron chi connectivity index (χ1n) is 8.33. The molecule has 0 radical (unpaired) electrons. The van der Waals surface area contributed by atoms with E-state index in [-0.39, 0.29) is 11.8 Å². The first-order valence-corrected chi connectivity index (χ1v) is 8.33. The normalized spacial score (nSPS) is 19.0. The third-order valence-electron chi connectivity index (χ3n) is 4.86. The Kier molecular flexibility index (Phi) is 3.72. The van der Waals surface area contributed by atoms with Crippen molar-refractivity contribution in [3.05, 3.63) is 29.6 Å². The van der Waals surface area contributed by atoms with Crippen molar-refractivity contribution in [1.29, 1.82) is 0 Å². The molecule has 2 aliphatic heterocycles. The summed E-state index contributed by atoms with van der Waals surface area (Å²) in [6.45, 7) is 4.69. The molecule has 2 aromatic heterocycles. The molecule has 1 fully saturated rings. The van der Waals surface area contributed by atoms with Gasteiger partial charge in [0.15, 0.2) is 0 Å². The SMILES string of the molecule is CC[C@H](C(=O)N1CCOCC1)N1Cc2ccnc3[nH]cc(c23)C1=O. The van der Waals surface area contributed by atoms with E-state index in [1.54, 1.807) is 22.2 Å². The highest BCUT2D eigenvalue weighted by Crippen LogP contribution is 2.30. The number of pyridine rings is 1. The monoisotopic (exact) mass is 328 g/mol. The van der Waals surface area contributed by atoms with Crippen LogP contribution in [0.5, 0.6) is 0 Å². The molecule has 1 saturated heterocycles.